The van der Waals surface area contributed by atoms with Crippen molar-refractivity contribution in [3.8, 4) is 0 Å². The molecular formula is C18H22N2O2. The third-order valence-electron chi connectivity index (χ3n) is 4.54. The highest BCUT2D eigenvalue weighted by Crippen LogP contribution is 2.26. The van der Waals surface area contributed by atoms with Gasteiger partial charge in [-0.2, -0.15) is 0 Å². The molecule has 2 heterocycles. The van der Waals surface area contributed by atoms with E-state index in [0.717, 1.165) is 37.9 Å². The van der Waals surface area contributed by atoms with E-state index < -0.39 is 5.97 Å². The van der Waals surface area contributed by atoms with Gasteiger partial charge in [-0.3, -0.25) is 4.79 Å². The van der Waals surface area contributed by atoms with Gasteiger partial charge in [0, 0.05) is 25.1 Å². The van der Waals surface area contributed by atoms with E-state index in [9.17, 15) is 9.90 Å². The Morgan fingerprint density at radius 3 is 2.86 bits per heavy atom. The number of carboxylic acid groups (broad SMARTS) is 1. The van der Waals surface area contributed by atoms with Crippen molar-refractivity contribution in [3.63, 3.8) is 0 Å². The largest absolute Gasteiger partial charge is 0.481 e. The lowest BCUT2D eigenvalue weighted by molar-refractivity contribution is -0.142. The fraction of sp³-hybridized carbons (Fsp3) is 0.444. The van der Waals surface area contributed by atoms with Crippen LogP contribution in [0.3, 0.4) is 0 Å². The third-order valence-corrected chi connectivity index (χ3v) is 4.54. The fourth-order valence-electron chi connectivity index (χ4n) is 3.20. The highest BCUT2D eigenvalue weighted by Gasteiger charge is 2.24. The number of unbranched alkanes of at least 4 members (excludes halogenated alkanes) is 1. The summed E-state index contributed by atoms with van der Waals surface area (Å²) in [4.78, 5) is 16.0. The van der Waals surface area contributed by atoms with E-state index in [1.807, 2.05) is 6.33 Å². The van der Waals surface area contributed by atoms with Gasteiger partial charge in [0.15, 0.2) is 0 Å². The molecule has 1 aromatic heterocycles. The normalized spacial score (nSPS) is 14.2. The van der Waals surface area contributed by atoms with Gasteiger partial charge in [-0.25, -0.2) is 4.98 Å². The molecule has 0 fully saturated rings. The van der Waals surface area contributed by atoms with Crippen LogP contribution >= 0.6 is 0 Å². The standard InChI is InChI=1S/C18H22N2O2/c1-2-3-6-14(18(21)22)9-16-17-10-13-7-4-5-8-15(13)11-20(17)12-19-16/h4-5,7-8,12,14H,2-3,6,9-11H2,1H3,(H,21,22). The van der Waals surface area contributed by atoms with Crippen LogP contribution in [0.25, 0.3) is 0 Å². The molecule has 0 aliphatic carbocycles. The SMILES string of the molecule is CCCCC(Cc1ncn2c1Cc1ccccc1C2)C(=O)O. The van der Waals surface area contributed by atoms with Crippen molar-refractivity contribution in [2.75, 3.05) is 0 Å². The molecule has 2 aromatic rings. The highest BCUT2D eigenvalue weighted by molar-refractivity contribution is 5.70. The summed E-state index contributed by atoms with van der Waals surface area (Å²) < 4.78 is 2.16. The van der Waals surface area contributed by atoms with Gasteiger partial charge in [0.05, 0.1) is 17.9 Å². The molecule has 0 saturated carbocycles. The molecule has 1 N–H and O–H groups in total. The Balaban J connectivity index is 1.80. The zero-order valence-corrected chi connectivity index (χ0v) is 13.0. The average molecular weight is 298 g/mol. The van der Waals surface area contributed by atoms with Crippen molar-refractivity contribution in [1.29, 1.82) is 0 Å². The Hall–Kier alpha value is -2.10. The number of hydrogen-bond donors (Lipinski definition) is 1. The summed E-state index contributed by atoms with van der Waals surface area (Å²) in [6.45, 7) is 2.93. The molecule has 0 bridgehead atoms. The molecule has 1 atom stereocenters. The molecule has 4 nitrogen and oxygen atoms in total. The molecule has 0 amide bonds. The molecule has 0 radical (unpaired) electrons. The van der Waals surface area contributed by atoms with E-state index in [1.54, 1.807) is 0 Å². The van der Waals surface area contributed by atoms with Crippen molar-refractivity contribution in [2.24, 2.45) is 5.92 Å². The molecule has 1 aliphatic heterocycles. The smallest absolute Gasteiger partial charge is 0.306 e. The van der Waals surface area contributed by atoms with E-state index in [4.69, 9.17) is 0 Å². The quantitative estimate of drug-likeness (QED) is 0.760. The van der Waals surface area contributed by atoms with Crippen LogP contribution in [0.4, 0.5) is 0 Å². The molecule has 22 heavy (non-hydrogen) atoms. The first kappa shape index (κ1) is 14.8. The molecule has 1 unspecified atom stereocenters. The Morgan fingerprint density at radius 2 is 2.14 bits per heavy atom. The molecule has 0 saturated heterocycles. The summed E-state index contributed by atoms with van der Waals surface area (Å²) >= 11 is 0. The molecule has 3 rings (SSSR count). The monoisotopic (exact) mass is 298 g/mol. The number of aromatic nitrogens is 2. The van der Waals surface area contributed by atoms with Crippen LogP contribution in [-0.4, -0.2) is 20.6 Å². The zero-order valence-electron chi connectivity index (χ0n) is 13.0. The van der Waals surface area contributed by atoms with E-state index in [1.165, 1.54) is 16.8 Å². The molecule has 116 valence electrons. The number of rotatable bonds is 6. The summed E-state index contributed by atoms with van der Waals surface area (Å²) in [5.74, 6) is -1.02. The van der Waals surface area contributed by atoms with E-state index in [-0.39, 0.29) is 5.92 Å². The summed E-state index contributed by atoms with van der Waals surface area (Å²) in [5, 5.41) is 9.43. The van der Waals surface area contributed by atoms with Gasteiger partial charge >= 0.3 is 5.97 Å². The summed E-state index contributed by atoms with van der Waals surface area (Å²) in [7, 11) is 0. The number of aliphatic carboxylic acids is 1. The Bertz CT molecular complexity index is 675. The van der Waals surface area contributed by atoms with Gasteiger partial charge in [-0.05, 0) is 17.5 Å². The summed E-state index contributed by atoms with van der Waals surface area (Å²) in [6, 6.07) is 8.43. The number of imidazole rings is 1. The maximum atomic E-state index is 11.5. The lowest BCUT2D eigenvalue weighted by Crippen LogP contribution is -2.19. The number of benzene rings is 1. The second kappa shape index (κ2) is 6.34. The fourth-order valence-corrected chi connectivity index (χ4v) is 3.20. The minimum atomic E-state index is -0.702. The predicted octanol–water partition coefficient (Wildman–Crippen LogP) is 3.27. The van der Waals surface area contributed by atoms with Crippen LogP contribution in [0, 0.1) is 5.92 Å². The van der Waals surface area contributed by atoms with Gasteiger partial charge in [0.2, 0.25) is 0 Å². The van der Waals surface area contributed by atoms with Crippen molar-refractivity contribution in [1.82, 2.24) is 9.55 Å². The van der Waals surface area contributed by atoms with E-state index >= 15 is 0 Å². The maximum Gasteiger partial charge on any atom is 0.306 e. The topological polar surface area (TPSA) is 55.1 Å². The summed E-state index contributed by atoms with van der Waals surface area (Å²) in [6.07, 6.45) is 5.97. The molecule has 4 heteroatoms. The lowest BCUT2D eigenvalue weighted by atomic mass is 9.93. The van der Waals surface area contributed by atoms with Crippen LogP contribution in [0.2, 0.25) is 0 Å². The van der Waals surface area contributed by atoms with Gasteiger partial charge in [0.1, 0.15) is 0 Å². The number of carboxylic acids is 1. The highest BCUT2D eigenvalue weighted by atomic mass is 16.4. The van der Waals surface area contributed by atoms with E-state index in [0.29, 0.717) is 6.42 Å². The molecule has 0 spiro atoms. The first-order valence-electron chi connectivity index (χ1n) is 8.01. The van der Waals surface area contributed by atoms with Gasteiger partial charge < -0.3 is 9.67 Å². The Kier molecular flexibility index (Phi) is 4.27. The molecular weight excluding hydrogens is 276 g/mol. The van der Waals surface area contributed by atoms with Crippen molar-refractivity contribution in [2.45, 2.75) is 45.6 Å². The second-order valence-corrected chi connectivity index (χ2v) is 6.09. The van der Waals surface area contributed by atoms with Crippen LogP contribution in [0.5, 0.6) is 0 Å². The van der Waals surface area contributed by atoms with Crippen LogP contribution in [0.1, 0.15) is 48.7 Å². The third kappa shape index (κ3) is 2.91. The van der Waals surface area contributed by atoms with Crippen LogP contribution in [-0.2, 0) is 24.2 Å². The van der Waals surface area contributed by atoms with Crippen LogP contribution < -0.4 is 0 Å². The number of nitrogens with zero attached hydrogens (tertiary/aromatic N) is 2. The van der Waals surface area contributed by atoms with Crippen molar-refractivity contribution in [3.05, 3.63) is 53.1 Å². The average Bonchev–Trinajstić information content (AvgIpc) is 2.90. The molecule has 1 aliphatic rings. The zero-order chi connectivity index (χ0) is 15.5. The first-order chi connectivity index (χ1) is 10.7. The maximum absolute atomic E-state index is 11.5. The van der Waals surface area contributed by atoms with E-state index in [2.05, 4.69) is 40.7 Å². The second-order valence-electron chi connectivity index (χ2n) is 6.09. The van der Waals surface area contributed by atoms with Crippen LogP contribution in [0.15, 0.2) is 30.6 Å². The van der Waals surface area contributed by atoms with Crippen molar-refractivity contribution < 1.29 is 9.90 Å². The number of fused-ring (bicyclic) bond motifs is 2. The lowest BCUT2D eigenvalue weighted by Gasteiger charge is -2.20. The van der Waals surface area contributed by atoms with Gasteiger partial charge in [-0.15, -0.1) is 0 Å². The molecule has 1 aromatic carbocycles. The number of hydrogen-bond acceptors (Lipinski definition) is 2. The minimum Gasteiger partial charge on any atom is -0.481 e. The summed E-state index contributed by atoms with van der Waals surface area (Å²) in [5.41, 5.74) is 4.80. The first-order valence-corrected chi connectivity index (χ1v) is 8.01. The minimum absolute atomic E-state index is 0.322. The van der Waals surface area contributed by atoms with Gasteiger partial charge in [-0.1, -0.05) is 44.0 Å². The van der Waals surface area contributed by atoms with Crippen molar-refractivity contribution >= 4 is 5.97 Å². The predicted molar refractivity (Wildman–Crippen MR) is 84.9 cm³/mol. The number of carbonyl (C=O) groups is 1. The Morgan fingerprint density at radius 1 is 1.36 bits per heavy atom. The van der Waals surface area contributed by atoms with Gasteiger partial charge in [0.25, 0.3) is 0 Å². The Labute approximate surface area is 130 Å².